The number of carbonyl (C=O) groups excluding carboxylic acids is 1. The zero-order valence-electron chi connectivity index (χ0n) is 22.3. The Kier molecular flexibility index (Phi) is 9.74. The van der Waals surface area contributed by atoms with E-state index in [2.05, 4.69) is 32.2 Å². The first kappa shape index (κ1) is 29.3. The molecular formula is C27H28ClN7O6. The van der Waals surface area contributed by atoms with Crippen molar-refractivity contribution in [1.29, 1.82) is 0 Å². The summed E-state index contributed by atoms with van der Waals surface area (Å²) in [6, 6.07) is 15.1. The number of tetrazole rings is 1. The third kappa shape index (κ3) is 7.31. The fourth-order valence-electron chi connectivity index (χ4n) is 4.31. The average molecular weight is 582 g/mol. The zero-order chi connectivity index (χ0) is 29.4. The number of carboxylic acids is 1. The molecule has 0 aliphatic carbocycles. The predicted molar refractivity (Wildman–Crippen MR) is 148 cm³/mol. The van der Waals surface area contributed by atoms with E-state index in [9.17, 15) is 24.8 Å². The summed E-state index contributed by atoms with van der Waals surface area (Å²) in [5, 5.41) is 31.2. The van der Waals surface area contributed by atoms with Gasteiger partial charge in [-0.1, -0.05) is 78.3 Å². The molecule has 41 heavy (non-hydrogen) atoms. The SMILES string of the molecule is CCCCc1nc(Cl)c(C(=O)O)n1Cc1ccc(-c2ccccc2-c2nnn(C(=O)CCCCO[N+](=O)[O-])n2)cc1. The summed E-state index contributed by atoms with van der Waals surface area (Å²) in [5.41, 5.74) is 3.21. The standard InChI is InChI=1S/C27H28ClN7O6/c1-2-3-10-22-29-25(28)24(27(37)38)33(22)17-18-12-14-19(15-13-18)20-8-4-5-9-21(20)26-30-32-34(31-26)23(36)11-6-7-16-41-35(39)40/h4-5,8-9,12-15H,2-3,6-7,10-11,16-17H2,1H3,(H,37,38). The topological polar surface area (TPSA) is 168 Å². The highest BCUT2D eigenvalue weighted by atomic mass is 35.5. The van der Waals surface area contributed by atoms with Gasteiger partial charge >= 0.3 is 5.97 Å². The van der Waals surface area contributed by atoms with Crippen LogP contribution in [-0.4, -0.2) is 58.4 Å². The Hall–Kier alpha value is -4.65. The van der Waals surface area contributed by atoms with E-state index in [1.807, 2.05) is 48.5 Å². The fourth-order valence-corrected chi connectivity index (χ4v) is 4.59. The summed E-state index contributed by atoms with van der Waals surface area (Å²) in [6.07, 6.45) is 3.25. The summed E-state index contributed by atoms with van der Waals surface area (Å²) in [4.78, 5) is 44.0. The van der Waals surface area contributed by atoms with Gasteiger partial charge in [-0.2, -0.15) is 0 Å². The first-order valence-corrected chi connectivity index (χ1v) is 13.4. The van der Waals surface area contributed by atoms with Crippen molar-refractivity contribution in [2.75, 3.05) is 6.61 Å². The summed E-state index contributed by atoms with van der Waals surface area (Å²) < 4.78 is 1.65. The molecule has 0 radical (unpaired) electrons. The molecular weight excluding hydrogens is 554 g/mol. The Morgan fingerprint density at radius 3 is 2.49 bits per heavy atom. The number of benzene rings is 2. The van der Waals surface area contributed by atoms with Crippen LogP contribution >= 0.6 is 11.6 Å². The number of hydrogen-bond acceptors (Lipinski definition) is 9. The number of aromatic carboxylic acids is 1. The van der Waals surface area contributed by atoms with Crippen molar-refractivity contribution >= 4 is 23.5 Å². The van der Waals surface area contributed by atoms with Gasteiger partial charge in [0.25, 0.3) is 11.0 Å². The maximum Gasteiger partial charge on any atom is 0.355 e. The number of aromatic nitrogens is 6. The molecule has 2 aromatic heterocycles. The van der Waals surface area contributed by atoms with Crippen LogP contribution in [0.25, 0.3) is 22.5 Å². The quantitative estimate of drug-likeness (QED) is 0.122. The van der Waals surface area contributed by atoms with E-state index in [-0.39, 0.29) is 35.6 Å². The number of halogens is 1. The normalized spacial score (nSPS) is 11.0. The lowest BCUT2D eigenvalue weighted by atomic mass is 9.98. The minimum Gasteiger partial charge on any atom is -0.476 e. The average Bonchev–Trinajstić information content (AvgIpc) is 3.56. The minimum atomic E-state index is -1.13. The smallest absolute Gasteiger partial charge is 0.355 e. The highest BCUT2D eigenvalue weighted by molar-refractivity contribution is 6.32. The van der Waals surface area contributed by atoms with Crippen LogP contribution in [0.15, 0.2) is 48.5 Å². The van der Waals surface area contributed by atoms with E-state index in [4.69, 9.17) is 11.6 Å². The van der Waals surface area contributed by atoms with Gasteiger partial charge in [0.2, 0.25) is 5.82 Å². The third-order valence-corrected chi connectivity index (χ3v) is 6.62. The maximum atomic E-state index is 12.5. The Balaban J connectivity index is 1.50. The number of carboxylic acid groups (broad SMARTS) is 1. The minimum absolute atomic E-state index is 0.0166. The van der Waals surface area contributed by atoms with Crippen molar-refractivity contribution in [2.45, 2.75) is 52.0 Å². The number of rotatable bonds is 14. The number of nitrogens with zero attached hydrogens (tertiary/aromatic N) is 7. The molecule has 2 aromatic carbocycles. The Labute approximate surface area is 239 Å². The van der Waals surface area contributed by atoms with E-state index in [0.717, 1.165) is 34.3 Å². The van der Waals surface area contributed by atoms with Gasteiger partial charge < -0.3 is 14.5 Å². The van der Waals surface area contributed by atoms with Crippen molar-refractivity contribution < 1.29 is 24.6 Å². The molecule has 4 rings (SSSR count). The lowest BCUT2D eigenvalue weighted by Crippen LogP contribution is -2.14. The Bertz CT molecular complexity index is 1530. The van der Waals surface area contributed by atoms with Crippen LogP contribution in [0.2, 0.25) is 5.15 Å². The molecule has 0 aliphatic heterocycles. The lowest BCUT2D eigenvalue weighted by Gasteiger charge is -2.12. The van der Waals surface area contributed by atoms with Crippen molar-refractivity contribution in [3.05, 3.63) is 80.9 Å². The molecule has 0 atom stereocenters. The molecule has 13 nitrogen and oxygen atoms in total. The second-order valence-electron chi connectivity index (χ2n) is 9.21. The first-order chi connectivity index (χ1) is 19.8. The molecule has 2 heterocycles. The number of hydrogen-bond donors (Lipinski definition) is 1. The van der Waals surface area contributed by atoms with Gasteiger partial charge in [0.05, 0.1) is 6.61 Å². The number of aryl methyl sites for hydroxylation is 1. The van der Waals surface area contributed by atoms with E-state index in [0.29, 0.717) is 37.2 Å². The third-order valence-electron chi connectivity index (χ3n) is 6.35. The molecule has 4 aromatic rings. The summed E-state index contributed by atoms with van der Waals surface area (Å²) in [6.45, 7) is 2.27. The largest absolute Gasteiger partial charge is 0.476 e. The van der Waals surface area contributed by atoms with Crippen LogP contribution in [0.1, 0.15) is 65.7 Å². The van der Waals surface area contributed by atoms with Gasteiger partial charge in [-0.3, -0.25) is 4.79 Å². The van der Waals surface area contributed by atoms with Gasteiger partial charge in [0, 0.05) is 24.9 Å². The molecule has 0 saturated carbocycles. The highest BCUT2D eigenvalue weighted by Gasteiger charge is 2.22. The summed E-state index contributed by atoms with van der Waals surface area (Å²) in [5.74, 6) is -0.601. The highest BCUT2D eigenvalue weighted by Crippen LogP contribution is 2.30. The lowest BCUT2D eigenvalue weighted by molar-refractivity contribution is -0.757. The second kappa shape index (κ2) is 13.6. The van der Waals surface area contributed by atoms with E-state index in [1.165, 1.54) is 0 Å². The van der Waals surface area contributed by atoms with Crippen LogP contribution < -0.4 is 0 Å². The number of imidazole rings is 1. The van der Waals surface area contributed by atoms with Gasteiger partial charge in [-0.25, -0.2) is 9.78 Å². The molecule has 0 unspecified atom stereocenters. The molecule has 0 amide bonds. The number of carbonyl (C=O) groups is 2. The molecule has 14 heteroatoms. The molecule has 0 spiro atoms. The van der Waals surface area contributed by atoms with Crippen molar-refractivity contribution in [2.24, 2.45) is 0 Å². The first-order valence-electron chi connectivity index (χ1n) is 13.1. The monoisotopic (exact) mass is 581 g/mol. The van der Waals surface area contributed by atoms with Gasteiger partial charge in [0.15, 0.2) is 10.8 Å². The van der Waals surface area contributed by atoms with Crippen LogP contribution in [0.3, 0.4) is 0 Å². The van der Waals surface area contributed by atoms with Gasteiger partial charge in [-0.05, 0) is 41.2 Å². The predicted octanol–water partition coefficient (Wildman–Crippen LogP) is 4.96. The van der Waals surface area contributed by atoms with Crippen molar-refractivity contribution in [1.82, 2.24) is 29.8 Å². The molecule has 0 saturated heterocycles. The van der Waals surface area contributed by atoms with Crippen LogP contribution in [0, 0.1) is 10.1 Å². The number of unbranched alkanes of at least 4 members (excludes halogenated alkanes) is 2. The molecule has 0 bridgehead atoms. The summed E-state index contributed by atoms with van der Waals surface area (Å²) in [7, 11) is 0. The van der Waals surface area contributed by atoms with Crippen LogP contribution in [0.5, 0.6) is 0 Å². The maximum absolute atomic E-state index is 12.5. The Morgan fingerprint density at radius 1 is 1.07 bits per heavy atom. The Morgan fingerprint density at radius 2 is 1.80 bits per heavy atom. The van der Waals surface area contributed by atoms with E-state index in [1.54, 1.807) is 4.57 Å². The van der Waals surface area contributed by atoms with E-state index >= 15 is 0 Å². The van der Waals surface area contributed by atoms with Gasteiger partial charge in [-0.15, -0.1) is 20.3 Å². The summed E-state index contributed by atoms with van der Waals surface area (Å²) >= 11 is 6.16. The molecule has 214 valence electrons. The fraction of sp³-hybridized carbons (Fsp3) is 0.333. The van der Waals surface area contributed by atoms with Crippen molar-refractivity contribution in [3.63, 3.8) is 0 Å². The second-order valence-corrected chi connectivity index (χ2v) is 9.57. The van der Waals surface area contributed by atoms with Crippen molar-refractivity contribution in [3.8, 4) is 22.5 Å². The zero-order valence-corrected chi connectivity index (χ0v) is 23.0. The van der Waals surface area contributed by atoms with Gasteiger partial charge in [0.1, 0.15) is 5.82 Å². The van der Waals surface area contributed by atoms with Crippen LogP contribution in [0.4, 0.5) is 0 Å². The van der Waals surface area contributed by atoms with E-state index < -0.39 is 11.1 Å². The van der Waals surface area contributed by atoms with Crippen LogP contribution in [-0.2, 0) is 17.8 Å². The molecule has 1 N–H and O–H groups in total. The molecule has 0 fully saturated rings. The molecule has 0 aliphatic rings.